The summed E-state index contributed by atoms with van der Waals surface area (Å²) in [6.45, 7) is 1.40. The molecule has 0 atom stereocenters. The minimum atomic E-state index is 0.0957. The summed E-state index contributed by atoms with van der Waals surface area (Å²) in [5, 5.41) is 12.8. The second kappa shape index (κ2) is 8.68. The number of allylic oxidation sites excluding steroid dienone is 3. The van der Waals surface area contributed by atoms with E-state index in [-0.39, 0.29) is 6.10 Å². The van der Waals surface area contributed by atoms with Crippen molar-refractivity contribution in [1.29, 1.82) is 5.26 Å². The molecule has 0 unspecified atom stereocenters. The molecule has 2 heterocycles. The van der Waals surface area contributed by atoms with Gasteiger partial charge in [0.15, 0.2) is 0 Å². The molecule has 1 aliphatic heterocycles. The van der Waals surface area contributed by atoms with Crippen LogP contribution in [0.4, 0.5) is 5.95 Å². The standard InChI is InChI=1S/C22H22N4O2/c23-15-17-14-16(6-7-21(17)28-19-9-12-27-13-10-19)20-8-11-24-22(26-20)25-18-4-2-1-3-5-18/h2,4-8,11,14,19H,1,3,9-10,12-13H2,(H,24,25,26). The average Bonchev–Trinajstić information content (AvgIpc) is 2.76. The molecule has 1 fully saturated rings. The fourth-order valence-corrected chi connectivity index (χ4v) is 3.27. The number of nitrogens with zero attached hydrogens (tertiary/aromatic N) is 3. The number of hydrogen-bond donors (Lipinski definition) is 1. The van der Waals surface area contributed by atoms with Crippen LogP contribution in [0.15, 0.2) is 54.4 Å². The molecule has 0 saturated carbocycles. The highest BCUT2D eigenvalue weighted by atomic mass is 16.5. The molecular weight excluding hydrogens is 352 g/mol. The Morgan fingerprint density at radius 2 is 2.07 bits per heavy atom. The number of rotatable bonds is 5. The predicted octanol–water partition coefficient (Wildman–Crippen LogP) is 4.22. The van der Waals surface area contributed by atoms with E-state index in [2.05, 4.69) is 33.5 Å². The molecule has 1 aliphatic carbocycles. The van der Waals surface area contributed by atoms with Gasteiger partial charge in [0.1, 0.15) is 17.9 Å². The third-order valence-electron chi connectivity index (χ3n) is 4.76. The van der Waals surface area contributed by atoms with Crippen LogP contribution in [0, 0.1) is 11.3 Å². The summed E-state index contributed by atoms with van der Waals surface area (Å²) in [6.07, 6.45) is 11.9. The fraction of sp³-hybridized carbons (Fsp3) is 0.318. The third kappa shape index (κ3) is 4.38. The van der Waals surface area contributed by atoms with Crippen molar-refractivity contribution in [3.8, 4) is 23.1 Å². The SMILES string of the molecule is N#Cc1cc(-c2ccnc(NC3=CCCC=C3)n2)ccc1OC1CCOCC1. The maximum atomic E-state index is 9.58. The lowest BCUT2D eigenvalue weighted by molar-refractivity contribution is 0.0254. The zero-order chi connectivity index (χ0) is 19.2. The highest BCUT2D eigenvalue weighted by Gasteiger charge is 2.17. The Labute approximate surface area is 164 Å². The van der Waals surface area contributed by atoms with Crippen LogP contribution >= 0.6 is 0 Å². The second-order valence-corrected chi connectivity index (χ2v) is 6.78. The molecule has 6 nitrogen and oxygen atoms in total. The predicted molar refractivity (Wildman–Crippen MR) is 107 cm³/mol. The van der Waals surface area contributed by atoms with Crippen molar-refractivity contribution in [2.45, 2.75) is 31.8 Å². The fourth-order valence-electron chi connectivity index (χ4n) is 3.27. The van der Waals surface area contributed by atoms with Gasteiger partial charge >= 0.3 is 0 Å². The maximum absolute atomic E-state index is 9.58. The normalized spacial score (nSPS) is 16.9. The molecule has 1 N–H and O–H groups in total. The summed E-state index contributed by atoms with van der Waals surface area (Å²) in [7, 11) is 0. The molecule has 2 aromatic rings. The number of benzene rings is 1. The third-order valence-corrected chi connectivity index (χ3v) is 4.76. The van der Waals surface area contributed by atoms with Gasteiger partial charge in [-0.25, -0.2) is 9.97 Å². The van der Waals surface area contributed by atoms with Crippen LogP contribution in [0.5, 0.6) is 5.75 Å². The number of aromatic nitrogens is 2. The second-order valence-electron chi connectivity index (χ2n) is 6.78. The van der Waals surface area contributed by atoms with E-state index in [1.165, 1.54) is 0 Å². The first kappa shape index (κ1) is 18.2. The Balaban J connectivity index is 1.54. The van der Waals surface area contributed by atoms with Gasteiger partial charge in [0.05, 0.1) is 24.5 Å². The Hall–Kier alpha value is -3.17. The largest absolute Gasteiger partial charge is 0.489 e. The van der Waals surface area contributed by atoms with Gasteiger partial charge in [-0.3, -0.25) is 0 Å². The van der Waals surface area contributed by atoms with Gasteiger partial charge in [-0.2, -0.15) is 5.26 Å². The van der Waals surface area contributed by atoms with Crippen molar-refractivity contribution < 1.29 is 9.47 Å². The maximum Gasteiger partial charge on any atom is 0.227 e. The van der Waals surface area contributed by atoms with E-state index in [0.29, 0.717) is 30.5 Å². The van der Waals surface area contributed by atoms with Gasteiger partial charge in [0.25, 0.3) is 0 Å². The molecular formula is C22H22N4O2. The lowest BCUT2D eigenvalue weighted by Crippen LogP contribution is -2.26. The van der Waals surface area contributed by atoms with E-state index >= 15 is 0 Å². The van der Waals surface area contributed by atoms with Crippen LogP contribution in [0.25, 0.3) is 11.3 Å². The lowest BCUT2D eigenvalue weighted by Gasteiger charge is -2.23. The summed E-state index contributed by atoms with van der Waals surface area (Å²) in [5.74, 6) is 1.15. The highest BCUT2D eigenvalue weighted by Crippen LogP contribution is 2.28. The van der Waals surface area contributed by atoms with E-state index in [4.69, 9.17) is 9.47 Å². The summed E-state index contributed by atoms with van der Waals surface area (Å²) < 4.78 is 11.4. The van der Waals surface area contributed by atoms with E-state index in [1.54, 1.807) is 6.20 Å². The van der Waals surface area contributed by atoms with Crippen LogP contribution < -0.4 is 10.1 Å². The zero-order valence-electron chi connectivity index (χ0n) is 15.6. The number of nitriles is 1. The Kier molecular flexibility index (Phi) is 5.64. The summed E-state index contributed by atoms with van der Waals surface area (Å²) in [5.41, 5.74) is 3.12. The molecule has 1 aromatic carbocycles. The molecule has 1 aromatic heterocycles. The van der Waals surface area contributed by atoms with E-state index in [9.17, 15) is 5.26 Å². The van der Waals surface area contributed by atoms with Crippen LogP contribution in [0.1, 0.15) is 31.2 Å². The van der Waals surface area contributed by atoms with Crippen LogP contribution in [-0.4, -0.2) is 29.3 Å². The summed E-state index contributed by atoms with van der Waals surface area (Å²) >= 11 is 0. The lowest BCUT2D eigenvalue weighted by atomic mass is 10.1. The van der Waals surface area contributed by atoms with Crippen molar-refractivity contribution >= 4 is 5.95 Å². The Morgan fingerprint density at radius 1 is 1.18 bits per heavy atom. The highest BCUT2D eigenvalue weighted by molar-refractivity contribution is 5.65. The molecule has 4 rings (SSSR count). The number of ether oxygens (including phenoxy) is 2. The minimum absolute atomic E-state index is 0.0957. The van der Waals surface area contributed by atoms with Crippen LogP contribution in [0.3, 0.4) is 0 Å². The molecule has 6 heteroatoms. The van der Waals surface area contributed by atoms with Crippen molar-refractivity contribution in [1.82, 2.24) is 9.97 Å². The van der Waals surface area contributed by atoms with Crippen molar-refractivity contribution in [3.63, 3.8) is 0 Å². The first-order valence-corrected chi connectivity index (χ1v) is 9.57. The molecule has 0 spiro atoms. The monoisotopic (exact) mass is 374 g/mol. The van der Waals surface area contributed by atoms with Gasteiger partial charge in [0, 0.05) is 30.3 Å². The quantitative estimate of drug-likeness (QED) is 0.844. The van der Waals surface area contributed by atoms with Gasteiger partial charge < -0.3 is 14.8 Å². The molecule has 0 radical (unpaired) electrons. The van der Waals surface area contributed by atoms with Gasteiger partial charge in [0.2, 0.25) is 5.95 Å². The van der Waals surface area contributed by atoms with Crippen LogP contribution in [0.2, 0.25) is 0 Å². The van der Waals surface area contributed by atoms with Gasteiger partial charge in [-0.05, 0) is 43.2 Å². The van der Waals surface area contributed by atoms with E-state index in [1.807, 2.05) is 30.3 Å². The first-order chi connectivity index (χ1) is 13.8. The molecule has 0 amide bonds. The average molecular weight is 374 g/mol. The van der Waals surface area contributed by atoms with Crippen molar-refractivity contribution in [3.05, 3.63) is 60.0 Å². The Bertz CT molecular complexity index is 940. The smallest absolute Gasteiger partial charge is 0.227 e. The van der Waals surface area contributed by atoms with Crippen molar-refractivity contribution in [2.24, 2.45) is 0 Å². The topological polar surface area (TPSA) is 80.1 Å². The zero-order valence-corrected chi connectivity index (χ0v) is 15.6. The van der Waals surface area contributed by atoms with Gasteiger partial charge in [-0.15, -0.1) is 0 Å². The number of hydrogen-bond acceptors (Lipinski definition) is 6. The summed E-state index contributed by atoms with van der Waals surface area (Å²) in [4.78, 5) is 8.89. The summed E-state index contributed by atoms with van der Waals surface area (Å²) in [6, 6.07) is 9.69. The number of nitrogens with one attached hydrogen (secondary N) is 1. The first-order valence-electron chi connectivity index (χ1n) is 9.57. The van der Waals surface area contributed by atoms with E-state index < -0.39 is 0 Å². The molecule has 2 aliphatic rings. The molecule has 1 saturated heterocycles. The van der Waals surface area contributed by atoms with Gasteiger partial charge in [-0.1, -0.05) is 12.2 Å². The molecule has 0 bridgehead atoms. The molecule has 142 valence electrons. The Morgan fingerprint density at radius 3 is 2.86 bits per heavy atom. The van der Waals surface area contributed by atoms with Crippen molar-refractivity contribution in [2.75, 3.05) is 18.5 Å². The van der Waals surface area contributed by atoms with Crippen LogP contribution in [-0.2, 0) is 4.74 Å². The minimum Gasteiger partial charge on any atom is -0.489 e. The molecule has 28 heavy (non-hydrogen) atoms. The number of anilines is 1. The van der Waals surface area contributed by atoms with E-state index in [0.717, 1.165) is 42.6 Å².